The van der Waals surface area contributed by atoms with E-state index in [4.69, 9.17) is 13.9 Å². The Hall–Kier alpha value is -2.75. The molecule has 38 heavy (non-hydrogen) atoms. The molecule has 9 heteroatoms. The number of fused-ring (bicyclic) bond motifs is 4. The Kier molecular flexibility index (Phi) is 6.69. The van der Waals surface area contributed by atoms with Crippen LogP contribution in [-0.2, 0) is 9.53 Å². The highest BCUT2D eigenvalue weighted by Gasteiger charge is 2.70. The highest BCUT2D eigenvalue weighted by molar-refractivity contribution is 5.69. The normalized spacial score (nSPS) is 37.8. The quantitative estimate of drug-likeness (QED) is 0.499. The third kappa shape index (κ3) is 3.89. The molecule has 206 valence electrons. The van der Waals surface area contributed by atoms with Crippen LogP contribution < -0.4 is 10.4 Å². The summed E-state index contributed by atoms with van der Waals surface area (Å²) in [4.78, 5) is 30.2. The average Bonchev–Trinajstić information content (AvgIpc) is 2.88. The summed E-state index contributed by atoms with van der Waals surface area (Å²) in [6, 6.07) is 5.06. The van der Waals surface area contributed by atoms with Gasteiger partial charge in [-0.3, -0.25) is 9.78 Å². The first kappa shape index (κ1) is 26.8. The molecule has 0 saturated heterocycles. The predicted octanol–water partition coefficient (Wildman–Crippen LogP) is 3.39. The monoisotopic (exact) mass is 527 g/mol. The molecule has 3 N–H and O–H groups in total. The number of aliphatic hydroxyl groups excluding tert-OH is 3. The Labute approximate surface area is 221 Å². The van der Waals surface area contributed by atoms with Crippen molar-refractivity contribution in [3.8, 4) is 17.1 Å². The van der Waals surface area contributed by atoms with Gasteiger partial charge in [0.1, 0.15) is 28.8 Å². The van der Waals surface area contributed by atoms with Crippen LogP contribution in [-0.4, -0.2) is 50.7 Å². The Morgan fingerprint density at radius 2 is 2.03 bits per heavy atom. The zero-order valence-electron chi connectivity index (χ0n) is 22.3. The minimum atomic E-state index is -1.28. The summed E-state index contributed by atoms with van der Waals surface area (Å²) < 4.78 is 18.3. The van der Waals surface area contributed by atoms with Crippen LogP contribution in [0.3, 0.4) is 0 Å². The molecule has 9 nitrogen and oxygen atoms in total. The molecule has 1 aliphatic heterocycles. The first-order chi connectivity index (χ1) is 18.0. The van der Waals surface area contributed by atoms with Gasteiger partial charge in [0.05, 0.1) is 18.8 Å². The van der Waals surface area contributed by atoms with Crippen LogP contribution in [0.5, 0.6) is 5.75 Å². The molecule has 2 aromatic heterocycles. The number of carbonyl (C=O) groups is 1. The van der Waals surface area contributed by atoms with E-state index >= 15 is 0 Å². The molecule has 2 aromatic rings. The zero-order chi connectivity index (χ0) is 27.5. The van der Waals surface area contributed by atoms with Gasteiger partial charge < -0.3 is 29.2 Å². The fourth-order valence-electron chi connectivity index (χ4n) is 7.64. The van der Waals surface area contributed by atoms with Gasteiger partial charge in [-0.1, -0.05) is 20.8 Å². The number of carbonyl (C=O) groups excluding carboxylic acids is 1. The van der Waals surface area contributed by atoms with Gasteiger partial charge in [0, 0.05) is 41.8 Å². The Bertz CT molecular complexity index is 1260. The van der Waals surface area contributed by atoms with Gasteiger partial charge in [0.25, 0.3) is 0 Å². The van der Waals surface area contributed by atoms with E-state index in [2.05, 4.69) is 4.98 Å². The van der Waals surface area contributed by atoms with Crippen molar-refractivity contribution in [3.05, 3.63) is 46.6 Å². The summed E-state index contributed by atoms with van der Waals surface area (Å²) >= 11 is 0. The summed E-state index contributed by atoms with van der Waals surface area (Å²) in [6.07, 6.45) is 2.51. The van der Waals surface area contributed by atoms with E-state index in [9.17, 15) is 24.9 Å². The Balaban J connectivity index is 1.67. The number of pyridine rings is 1. The van der Waals surface area contributed by atoms with E-state index in [1.54, 1.807) is 30.6 Å². The first-order valence-corrected chi connectivity index (χ1v) is 13.4. The van der Waals surface area contributed by atoms with Crippen molar-refractivity contribution >= 4 is 5.97 Å². The molecule has 3 unspecified atom stereocenters. The van der Waals surface area contributed by atoms with Gasteiger partial charge in [0.15, 0.2) is 0 Å². The SMILES string of the molecule is CCCC(=O)O[C@H]1C[C@@H]2C(C)(CC[C@H](O)[C@@]2(C)CO)C2C(O)c3c(cc(-c4cccnc4)oc3=O)O[C@@]21C. The lowest BCUT2D eigenvalue weighted by Crippen LogP contribution is -2.71. The number of nitrogens with zero attached hydrogens (tertiary/aromatic N) is 1. The molecule has 0 amide bonds. The minimum Gasteiger partial charge on any atom is -0.482 e. The number of esters is 1. The largest absolute Gasteiger partial charge is 0.482 e. The summed E-state index contributed by atoms with van der Waals surface area (Å²) in [5, 5.41) is 33.3. The third-order valence-electron chi connectivity index (χ3n) is 9.63. The summed E-state index contributed by atoms with van der Waals surface area (Å²) in [5.74, 6) is -0.931. The molecule has 2 saturated carbocycles. The van der Waals surface area contributed by atoms with Gasteiger partial charge in [-0.25, -0.2) is 4.79 Å². The lowest BCUT2D eigenvalue weighted by molar-refractivity contribution is -0.268. The van der Waals surface area contributed by atoms with Crippen LogP contribution in [0.4, 0.5) is 0 Å². The number of aromatic nitrogens is 1. The fourth-order valence-corrected chi connectivity index (χ4v) is 7.64. The highest BCUT2D eigenvalue weighted by atomic mass is 16.6. The van der Waals surface area contributed by atoms with Gasteiger partial charge in [-0.05, 0) is 56.1 Å². The molecule has 0 bridgehead atoms. The minimum absolute atomic E-state index is 0.0254. The fraction of sp³-hybridized carbons (Fsp3) is 0.621. The predicted molar refractivity (Wildman–Crippen MR) is 137 cm³/mol. The van der Waals surface area contributed by atoms with E-state index in [-0.39, 0.29) is 42.0 Å². The zero-order valence-corrected chi connectivity index (χ0v) is 22.3. The number of hydrogen-bond donors (Lipinski definition) is 3. The van der Waals surface area contributed by atoms with Crippen molar-refractivity contribution in [2.45, 2.75) is 83.7 Å². The Morgan fingerprint density at radius 1 is 1.26 bits per heavy atom. The second-order valence-corrected chi connectivity index (χ2v) is 11.9. The van der Waals surface area contributed by atoms with Crippen LogP contribution in [0.15, 0.2) is 39.8 Å². The average molecular weight is 528 g/mol. The molecule has 3 heterocycles. The van der Waals surface area contributed by atoms with Crippen LogP contribution in [0, 0.1) is 22.7 Å². The molecule has 0 spiro atoms. The van der Waals surface area contributed by atoms with Crippen LogP contribution in [0.25, 0.3) is 11.3 Å². The lowest BCUT2D eigenvalue weighted by Gasteiger charge is -2.66. The van der Waals surface area contributed by atoms with Crippen molar-refractivity contribution in [3.63, 3.8) is 0 Å². The van der Waals surface area contributed by atoms with Crippen molar-refractivity contribution in [1.29, 1.82) is 0 Å². The van der Waals surface area contributed by atoms with Crippen molar-refractivity contribution in [1.82, 2.24) is 4.98 Å². The molecule has 2 aliphatic carbocycles. The van der Waals surface area contributed by atoms with Gasteiger partial charge in [-0.15, -0.1) is 0 Å². The number of rotatable bonds is 5. The van der Waals surface area contributed by atoms with Gasteiger partial charge >= 0.3 is 11.6 Å². The standard InChI is InChI=1S/C29H37NO8/c1-5-7-22(33)37-21-13-19-27(2,10-9-20(32)28(19,3)15-31)25-24(34)23-18(38-29(21,25)4)12-17(36-26(23)35)16-8-6-11-30-14-16/h6,8,11-12,14,19-21,24-25,31-32,34H,5,7,9-10,13,15H2,1-4H3/t19-,20+,21+,24?,25?,27?,28+,29-/m1/s1. The number of aliphatic hydroxyl groups is 3. The second-order valence-electron chi connectivity index (χ2n) is 11.9. The molecule has 2 fully saturated rings. The molecule has 3 aliphatic rings. The first-order valence-electron chi connectivity index (χ1n) is 13.4. The smallest absolute Gasteiger partial charge is 0.345 e. The summed E-state index contributed by atoms with van der Waals surface area (Å²) in [5.41, 5.74) is -2.82. The summed E-state index contributed by atoms with van der Waals surface area (Å²) in [6.45, 7) is 7.31. The topological polar surface area (TPSA) is 139 Å². The van der Waals surface area contributed by atoms with Crippen molar-refractivity contribution < 1.29 is 34.0 Å². The van der Waals surface area contributed by atoms with Crippen LogP contribution in [0.1, 0.15) is 71.5 Å². The van der Waals surface area contributed by atoms with E-state index in [0.717, 1.165) is 0 Å². The van der Waals surface area contributed by atoms with Gasteiger partial charge in [0.2, 0.25) is 0 Å². The molecule has 8 atom stereocenters. The van der Waals surface area contributed by atoms with Gasteiger partial charge in [-0.2, -0.15) is 0 Å². The highest BCUT2D eigenvalue weighted by Crippen LogP contribution is 2.67. The van der Waals surface area contributed by atoms with E-state index in [0.29, 0.717) is 31.2 Å². The third-order valence-corrected chi connectivity index (χ3v) is 9.63. The number of ether oxygens (including phenoxy) is 2. The molecular formula is C29H37NO8. The second kappa shape index (κ2) is 9.47. The maximum absolute atomic E-state index is 13.3. The molecule has 5 rings (SSSR count). The Morgan fingerprint density at radius 3 is 2.68 bits per heavy atom. The maximum Gasteiger partial charge on any atom is 0.345 e. The van der Waals surface area contributed by atoms with E-state index in [1.807, 2.05) is 27.7 Å². The van der Waals surface area contributed by atoms with Crippen molar-refractivity contribution in [2.75, 3.05) is 6.61 Å². The molecular weight excluding hydrogens is 490 g/mol. The molecule has 0 radical (unpaired) electrons. The molecule has 0 aromatic carbocycles. The maximum atomic E-state index is 13.3. The van der Waals surface area contributed by atoms with Crippen molar-refractivity contribution in [2.24, 2.45) is 22.7 Å². The van der Waals surface area contributed by atoms with Crippen LogP contribution >= 0.6 is 0 Å². The lowest BCUT2D eigenvalue weighted by atomic mass is 9.42. The summed E-state index contributed by atoms with van der Waals surface area (Å²) in [7, 11) is 0. The van der Waals surface area contributed by atoms with E-state index < -0.39 is 46.3 Å². The van der Waals surface area contributed by atoms with E-state index in [1.165, 1.54) is 0 Å². The number of hydrogen-bond acceptors (Lipinski definition) is 9. The van der Waals surface area contributed by atoms with Crippen LogP contribution in [0.2, 0.25) is 0 Å².